The van der Waals surface area contributed by atoms with Crippen LogP contribution in [-0.2, 0) is 4.79 Å². The van der Waals surface area contributed by atoms with E-state index in [1.54, 1.807) is 0 Å². The van der Waals surface area contributed by atoms with Crippen molar-refractivity contribution in [2.24, 2.45) is 11.8 Å². The Morgan fingerprint density at radius 3 is 2.46 bits per heavy atom. The number of carbonyl (C=O) groups is 1. The molecule has 0 aromatic carbocycles. The standard InChI is InChI=1S/C10H19NO2/c1-6-7(2)11-10(3,4)5-8(6)9(12)13/h6-8,11H,5H2,1-4H3,(H,12,13). The summed E-state index contributed by atoms with van der Waals surface area (Å²) >= 11 is 0. The number of rotatable bonds is 1. The van der Waals surface area contributed by atoms with Gasteiger partial charge in [-0.1, -0.05) is 6.92 Å². The van der Waals surface area contributed by atoms with E-state index in [-0.39, 0.29) is 23.4 Å². The molecule has 0 amide bonds. The summed E-state index contributed by atoms with van der Waals surface area (Å²) in [5.41, 5.74) is -0.0466. The Labute approximate surface area is 79.5 Å². The van der Waals surface area contributed by atoms with Gasteiger partial charge >= 0.3 is 5.97 Å². The molecule has 3 atom stereocenters. The lowest BCUT2D eigenvalue weighted by molar-refractivity contribution is -0.146. The third-order valence-electron chi connectivity index (χ3n) is 3.09. The summed E-state index contributed by atoms with van der Waals surface area (Å²) in [5.74, 6) is -0.648. The normalized spacial score (nSPS) is 38.6. The lowest BCUT2D eigenvalue weighted by atomic mass is 9.75. The van der Waals surface area contributed by atoms with E-state index in [4.69, 9.17) is 5.11 Å². The van der Waals surface area contributed by atoms with Gasteiger partial charge in [0.05, 0.1) is 5.92 Å². The summed E-state index contributed by atoms with van der Waals surface area (Å²) in [4.78, 5) is 11.0. The lowest BCUT2D eigenvalue weighted by Crippen LogP contribution is -2.56. The first-order chi connectivity index (χ1) is 5.83. The monoisotopic (exact) mass is 185 g/mol. The molecule has 1 fully saturated rings. The van der Waals surface area contributed by atoms with Crippen molar-refractivity contribution in [2.45, 2.75) is 45.7 Å². The molecule has 13 heavy (non-hydrogen) atoms. The third-order valence-corrected chi connectivity index (χ3v) is 3.09. The van der Waals surface area contributed by atoms with Crippen molar-refractivity contribution in [3.05, 3.63) is 0 Å². The van der Waals surface area contributed by atoms with Crippen LogP contribution in [0.15, 0.2) is 0 Å². The van der Waals surface area contributed by atoms with Gasteiger partial charge in [0.2, 0.25) is 0 Å². The molecule has 0 aromatic rings. The average Bonchev–Trinajstić information content (AvgIpc) is 1.95. The topological polar surface area (TPSA) is 49.3 Å². The zero-order valence-corrected chi connectivity index (χ0v) is 8.79. The molecule has 3 heteroatoms. The molecule has 0 aromatic heterocycles. The minimum atomic E-state index is -0.658. The van der Waals surface area contributed by atoms with Crippen molar-refractivity contribution >= 4 is 5.97 Å². The molecular weight excluding hydrogens is 166 g/mol. The van der Waals surface area contributed by atoms with Crippen LogP contribution in [0, 0.1) is 11.8 Å². The van der Waals surface area contributed by atoms with Gasteiger partial charge in [-0.25, -0.2) is 0 Å². The Morgan fingerprint density at radius 2 is 2.00 bits per heavy atom. The molecule has 0 bridgehead atoms. The van der Waals surface area contributed by atoms with E-state index in [1.165, 1.54) is 0 Å². The molecule has 1 aliphatic heterocycles. The Hall–Kier alpha value is -0.570. The minimum Gasteiger partial charge on any atom is -0.481 e. The van der Waals surface area contributed by atoms with Gasteiger partial charge in [-0.2, -0.15) is 0 Å². The quantitative estimate of drug-likeness (QED) is 0.650. The smallest absolute Gasteiger partial charge is 0.306 e. The maximum atomic E-state index is 11.0. The van der Waals surface area contributed by atoms with Gasteiger partial charge in [0, 0.05) is 11.6 Å². The summed E-state index contributed by atoms with van der Waals surface area (Å²) < 4.78 is 0. The number of aliphatic carboxylic acids is 1. The molecule has 0 spiro atoms. The third kappa shape index (κ3) is 2.21. The fourth-order valence-electron chi connectivity index (χ4n) is 2.20. The van der Waals surface area contributed by atoms with Crippen LogP contribution in [0.3, 0.4) is 0 Å². The number of hydrogen-bond donors (Lipinski definition) is 2. The van der Waals surface area contributed by atoms with E-state index in [0.29, 0.717) is 6.42 Å². The van der Waals surface area contributed by atoms with Gasteiger partial charge in [-0.3, -0.25) is 4.79 Å². The van der Waals surface area contributed by atoms with Gasteiger partial charge in [-0.05, 0) is 33.1 Å². The van der Waals surface area contributed by atoms with E-state index < -0.39 is 5.97 Å². The highest BCUT2D eigenvalue weighted by Crippen LogP contribution is 2.31. The molecule has 76 valence electrons. The number of nitrogens with one attached hydrogen (secondary N) is 1. The van der Waals surface area contributed by atoms with E-state index in [9.17, 15) is 4.79 Å². The minimum absolute atomic E-state index is 0.0466. The SMILES string of the molecule is CC1NC(C)(C)CC(C(=O)O)C1C. The summed E-state index contributed by atoms with van der Waals surface area (Å²) in [6.07, 6.45) is 0.716. The van der Waals surface area contributed by atoms with Gasteiger partial charge < -0.3 is 10.4 Å². The molecule has 0 radical (unpaired) electrons. The van der Waals surface area contributed by atoms with Crippen LogP contribution in [0.4, 0.5) is 0 Å². The van der Waals surface area contributed by atoms with Crippen molar-refractivity contribution < 1.29 is 9.90 Å². The van der Waals surface area contributed by atoms with Crippen molar-refractivity contribution in [2.75, 3.05) is 0 Å². The summed E-state index contributed by atoms with van der Waals surface area (Å²) in [5, 5.41) is 12.5. The van der Waals surface area contributed by atoms with Crippen LogP contribution < -0.4 is 5.32 Å². The van der Waals surface area contributed by atoms with E-state index in [2.05, 4.69) is 26.1 Å². The predicted octanol–water partition coefficient (Wildman–Crippen LogP) is 1.48. The Balaban J connectivity index is 2.78. The second-order valence-corrected chi connectivity index (χ2v) is 4.82. The van der Waals surface area contributed by atoms with E-state index in [0.717, 1.165) is 0 Å². The summed E-state index contributed by atoms with van der Waals surface area (Å²) in [6.45, 7) is 8.18. The molecule has 1 aliphatic rings. The van der Waals surface area contributed by atoms with Gasteiger partial charge in [0.25, 0.3) is 0 Å². The first-order valence-electron chi connectivity index (χ1n) is 4.84. The molecule has 3 nitrogen and oxygen atoms in total. The highest BCUT2D eigenvalue weighted by atomic mass is 16.4. The summed E-state index contributed by atoms with van der Waals surface area (Å²) in [6, 6.07) is 0.282. The summed E-state index contributed by atoms with van der Waals surface area (Å²) in [7, 11) is 0. The molecule has 0 aliphatic carbocycles. The maximum Gasteiger partial charge on any atom is 0.306 e. The fraction of sp³-hybridized carbons (Fsp3) is 0.900. The van der Waals surface area contributed by atoms with Crippen molar-refractivity contribution in [1.29, 1.82) is 0 Å². The number of carboxylic acid groups (broad SMARTS) is 1. The van der Waals surface area contributed by atoms with Gasteiger partial charge in [-0.15, -0.1) is 0 Å². The molecule has 1 saturated heterocycles. The van der Waals surface area contributed by atoms with Crippen LogP contribution in [0.5, 0.6) is 0 Å². The second kappa shape index (κ2) is 3.29. The highest BCUT2D eigenvalue weighted by Gasteiger charge is 2.39. The van der Waals surface area contributed by atoms with Gasteiger partial charge in [0.1, 0.15) is 0 Å². The Morgan fingerprint density at radius 1 is 1.46 bits per heavy atom. The maximum absolute atomic E-state index is 11.0. The first kappa shape index (κ1) is 10.5. The fourth-order valence-corrected chi connectivity index (χ4v) is 2.20. The highest BCUT2D eigenvalue weighted by molar-refractivity contribution is 5.70. The molecule has 1 heterocycles. The zero-order valence-electron chi connectivity index (χ0n) is 8.79. The van der Waals surface area contributed by atoms with Crippen molar-refractivity contribution in [3.63, 3.8) is 0 Å². The predicted molar refractivity (Wildman–Crippen MR) is 51.6 cm³/mol. The number of carboxylic acids is 1. The largest absolute Gasteiger partial charge is 0.481 e. The Bertz CT molecular complexity index is 213. The van der Waals surface area contributed by atoms with Gasteiger partial charge in [0.15, 0.2) is 0 Å². The molecule has 1 rings (SSSR count). The number of hydrogen-bond acceptors (Lipinski definition) is 2. The van der Waals surface area contributed by atoms with Crippen LogP contribution in [-0.4, -0.2) is 22.7 Å². The molecule has 0 saturated carbocycles. The van der Waals surface area contributed by atoms with E-state index in [1.807, 2.05) is 6.92 Å². The number of piperidine rings is 1. The molecule has 3 unspecified atom stereocenters. The van der Waals surface area contributed by atoms with Crippen molar-refractivity contribution in [1.82, 2.24) is 5.32 Å². The van der Waals surface area contributed by atoms with Crippen LogP contribution in [0.2, 0.25) is 0 Å². The molecule has 2 N–H and O–H groups in total. The second-order valence-electron chi connectivity index (χ2n) is 4.82. The van der Waals surface area contributed by atoms with Crippen LogP contribution in [0.25, 0.3) is 0 Å². The Kier molecular flexibility index (Phi) is 2.66. The van der Waals surface area contributed by atoms with Crippen LogP contribution >= 0.6 is 0 Å². The lowest BCUT2D eigenvalue weighted by Gasteiger charge is -2.43. The zero-order chi connectivity index (χ0) is 10.2. The van der Waals surface area contributed by atoms with Crippen molar-refractivity contribution in [3.8, 4) is 0 Å². The average molecular weight is 185 g/mol. The van der Waals surface area contributed by atoms with E-state index >= 15 is 0 Å². The first-order valence-corrected chi connectivity index (χ1v) is 4.84. The van der Waals surface area contributed by atoms with Crippen LogP contribution in [0.1, 0.15) is 34.1 Å². The molecular formula is C10H19NO2.